The molecule has 1 rings (SSSR count). The van der Waals surface area contributed by atoms with Gasteiger partial charge in [0.05, 0.1) is 20.1 Å². The van der Waals surface area contributed by atoms with Gasteiger partial charge in [0.25, 0.3) is 0 Å². The van der Waals surface area contributed by atoms with Crippen molar-refractivity contribution in [2.75, 3.05) is 31.3 Å². The molecule has 0 aromatic carbocycles. The van der Waals surface area contributed by atoms with Crippen molar-refractivity contribution < 1.29 is 14.3 Å². The summed E-state index contributed by atoms with van der Waals surface area (Å²) < 4.78 is 9.76. The minimum Gasteiger partial charge on any atom is -0.469 e. The summed E-state index contributed by atoms with van der Waals surface area (Å²) in [5.74, 6) is 0.0289. The van der Waals surface area contributed by atoms with Gasteiger partial charge < -0.3 is 20.5 Å². The summed E-state index contributed by atoms with van der Waals surface area (Å²) in [7, 11) is 1.33. The van der Waals surface area contributed by atoms with Gasteiger partial charge in [-0.1, -0.05) is 6.92 Å². The van der Waals surface area contributed by atoms with Gasteiger partial charge in [-0.2, -0.15) is 15.0 Å². The van der Waals surface area contributed by atoms with Crippen molar-refractivity contribution in [3.63, 3.8) is 0 Å². The van der Waals surface area contributed by atoms with Crippen LogP contribution in [0.4, 0.5) is 11.9 Å². The summed E-state index contributed by atoms with van der Waals surface area (Å²) in [6.07, 6.45) is 1.06. The molecule has 3 N–H and O–H groups in total. The van der Waals surface area contributed by atoms with Crippen LogP contribution in [-0.4, -0.2) is 41.2 Å². The maximum Gasteiger partial charge on any atom is 0.323 e. The molecule has 0 atom stereocenters. The lowest BCUT2D eigenvalue weighted by Crippen LogP contribution is -2.13. The Kier molecular flexibility index (Phi) is 5.62. The zero-order valence-corrected chi connectivity index (χ0v) is 10.5. The molecule has 0 fully saturated rings. The molecular weight excluding hydrogens is 238 g/mol. The monoisotopic (exact) mass is 255 g/mol. The van der Waals surface area contributed by atoms with E-state index in [1.165, 1.54) is 7.11 Å². The average Bonchev–Trinajstić information content (AvgIpc) is 2.35. The van der Waals surface area contributed by atoms with Crippen LogP contribution in [-0.2, 0) is 9.53 Å². The van der Waals surface area contributed by atoms with Crippen molar-refractivity contribution in [1.29, 1.82) is 0 Å². The van der Waals surface area contributed by atoms with Crippen LogP contribution in [0.25, 0.3) is 0 Å². The van der Waals surface area contributed by atoms with E-state index in [2.05, 4.69) is 25.0 Å². The fourth-order valence-corrected chi connectivity index (χ4v) is 1.09. The lowest BCUT2D eigenvalue weighted by atomic mass is 10.4. The van der Waals surface area contributed by atoms with Crippen LogP contribution in [0.1, 0.15) is 19.8 Å². The number of carbonyl (C=O) groups excluding carboxylic acids is 1. The number of anilines is 2. The number of hydrogen-bond acceptors (Lipinski definition) is 8. The summed E-state index contributed by atoms with van der Waals surface area (Å²) in [5.41, 5.74) is 5.51. The SMILES string of the molecule is CCCOc1nc(N)nc(NCCC(=O)OC)n1. The van der Waals surface area contributed by atoms with Crippen LogP contribution >= 0.6 is 0 Å². The first-order valence-electron chi connectivity index (χ1n) is 5.60. The van der Waals surface area contributed by atoms with Crippen LogP contribution in [0.15, 0.2) is 0 Å². The predicted molar refractivity (Wildman–Crippen MR) is 65.1 cm³/mol. The molecule has 18 heavy (non-hydrogen) atoms. The summed E-state index contributed by atoms with van der Waals surface area (Å²) in [6.45, 7) is 2.83. The highest BCUT2D eigenvalue weighted by Gasteiger charge is 2.06. The van der Waals surface area contributed by atoms with E-state index >= 15 is 0 Å². The summed E-state index contributed by atoms with van der Waals surface area (Å²) >= 11 is 0. The molecule has 0 amide bonds. The number of methoxy groups -OCH3 is 1. The second-order valence-electron chi connectivity index (χ2n) is 3.40. The maximum absolute atomic E-state index is 10.9. The number of rotatable bonds is 7. The summed E-state index contributed by atoms with van der Waals surface area (Å²) in [5, 5.41) is 2.84. The van der Waals surface area contributed by atoms with Gasteiger partial charge in [-0.05, 0) is 6.42 Å². The highest BCUT2D eigenvalue weighted by molar-refractivity contribution is 5.69. The molecule has 0 saturated heterocycles. The van der Waals surface area contributed by atoms with E-state index in [4.69, 9.17) is 10.5 Å². The Bertz CT molecular complexity index is 399. The predicted octanol–water partition coefficient (Wildman–Crippen LogP) is 0.218. The zero-order chi connectivity index (χ0) is 13.4. The van der Waals surface area contributed by atoms with Gasteiger partial charge in [0, 0.05) is 6.54 Å². The van der Waals surface area contributed by atoms with Gasteiger partial charge in [-0.25, -0.2) is 0 Å². The molecule has 8 heteroatoms. The fourth-order valence-electron chi connectivity index (χ4n) is 1.09. The van der Waals surface area contributed by atoms with E-state index in [-0.39, 0.29) is 30.3 Å². The Balaban J connectivity index is 2.54. The molecule has 0 aliphatic heterocycles. The van der Waals surface area contributed by atoms with Gasteiger partial charge >= 0.3 is 12.0 Å². The molecule has 8 nitrogen and oxygen atoms in total. The molecule has 0 radical (unpaired) electrons. The minimum absolute atomic E-state index is 0.0664. The van der Waals surface area contributed by atoms with Crippen molar-refractivity contribution >= 4 is 17.9 Å². The lowest BCUT2D eigenvalue weighted by molar-refractivity contribution is -0.140. The normalized spacial score (nSPS) is 9.89. The molecular formula is C10H17N5O3. The van der Waals surface area contributed by atoms with Crippen LogP contribution in [0.5, 0.6) is 6.01 Å². The highest BCUT2D eigenvalue weighted by atomic mass is 16.5. The highest BCUT2D eigenvalue weighted by Crippen LogP contribution is 2.09. The van der Waals surface area contributed by atoms with Gasteiger partial charge in [-0.15, -0.1) is 0 Å². The largest absolute Gasteiger partial charge is 0.469 e. The van der Waals surface area contributed by atoms with Crippen LogP contribution in [0, 0.1) is 0 Å². The first kappa shape index (κ1) is 13.9. The first-order valence-corrected chi connectivity index (χ1v) is 5.60. The van der Waals surface area contributed by atoms with Crippen LogP contribution in [0.3, 0.4) is 0 Å². The van der Waals surface area contributed by atoms with Gasteiger partial charge in [-0.3, -0.25) is 4.79 Å². The summed E-state index contributed by atoms with van der Waals surface area (Å²) in [6, 6.07) is 0.171. The number of esters is 1. The van der Waals surface area contributed by atoms with Crippen molar-refractivity contribution in [1.82, 2.24) is 15.0 Å². The van der Waals surface area contributed by atoms with Crippen molar-refractivity contribution in [3.8, 4) is 6.01 Å². The third-order valence-corrected chi connectivity index (χ3v) is 1.91. The number of hydrogen-bond donors (Lipinski definition) is 2. The van der Waals surface area contributed by atoms with Gasteiger partial charge in [0.15, 0.2) is 0 Å². The number of ether oxygens (including phenoxy) is 2. The molecule has 0 aliphatic rings. The van der Waals surface area contributed by atoms with Crippen molar-refractivity contribution in [3.05, 3.63) is 0 Å². The lowest BCUT2D eigenvalue weighted by Gasteiger charge is -2.07. The quantitative estimate of drug-likeness (QED) is 0.665. The van der Waals surface area contributed by atoms with E-state index in [1.807, 2.05) is 6.92 Å². The standard InChI is InChI=1S/C10H17N5O3/c1-3-6-18-10-14-8(11)13-9(15-10)12-5-4-7(16)17-2/h3-6H2,1-2H3,(H3,11,12,13,14,15). The molecule has 1 aromatic rings. The number of nitrogen functional groups attached to an aromatic ring is 1. The van der Waals surface area contributed by atoms with E-state index in [0.29, 0.717) is 13.2 Å². The number of carbonyl (C=O) groups is 1. The number of aromatic nitrogens is 3. The molecule has 0 saturated carbocycles. The Hall–Kier alpha value is -2.12. The third kappa shape index (κ3) is 4.81. The number of nitrogens with one attached hydrogen (secondary N) is 1. The van der Waals surface area contributed by atoms with E-state index < -0.39 is 0 Å². The minimum atomic E-state index is -0.313. The molecule has 0 unspecified atom stereocenters. The topological polar surface area (TPSA) is 112 Å². The van der Waals surface area contributed by atoms with E-state index in [9.17, 15) is 4.79 Å². The zero-order valence-electron chi connectivity index (χ0n) is 10.5. The average molecular weight is 255 g/mol. The number of nitrogens with two attached hydrogens (primary N) is 1. The first-order chi connectivity index (χ1) is 8.65. The van der Waals surface area contributed by atoms with Gasteiger partial charge in [0.2, 0.25) is 11.9 Å². The molecule has 0 aliphatic carbocycles. The molecule has 0 bridgehead atoms. The molecule has 1 aromatic heterocycles. The van der Waals surface area contributed by atoms with Crippen molar-refractivity contribution in [2.24, 2.45) is 0 Å². The Morgan fingerprint density at radius 2 is 2.17 bits per heavy atom. The second kappa shape index (κ2) is 7.25. The molecule has 0 spiro atoms. The van der Waals surface area contributed by atoms with Crippen LogP contribution in [0.2, 0.25) is 0 Å². The number of nitrogens with zero attached hydrogens (tertiary/aromatic N) is 3. The molecule has 1 heterocycles. The smallest absolute Gasteiger partial charge is 0.323 e. The van der Waals surface area contributed by atoms with E-state index in [1.54, 1.807) is 0 Å². The van der Waals surface area contributed by atoms with Gasteiger partial charge in [0.1, 0.15) is 0 Å². The Labute approximate surface area is 105 Å². The summed E-state index contributed by atoms with van der Waals surface area (Å²) in [4.78, 5) is 22.6. The third-order valence-electron chi connectivity index (χ3n) is 1.91. The Morgan fingerprint density at radius 1 is 1.39 bits per heavy atom. The van der Waals surface area contributed by atoms with Crippen molar-refractivity contribution in [2.45, 2.75) is 19.8 Å². The fraction of sp³-hybridized carbons (Fsp3) is 0.600. The van der Waals surface area contributed by atoms with E-state index in [0.717, 1.165) is 6.42 Å². The van der Waals surface area contributed by atoms with Crippen LogP contribution < -0.4 is 15.8 Å². The second-order valence-corrected chi connectivity index (χ2v) is 3.40. The maximum atomic E-state index is 10.9. The molecule has 100 valence electrons. The Morgan fingerprint density at radius 3 is 2.83 bits per heavy atom.